The summed E-state index contributed by atoms with van der Waals surface area (Å²) in [5.74, 6) is 0. The van der Waals surface area contributed by atoms with Crippen molar-refractivity contribution in [1.29, 1.82) is 0 Å². The van der Waals surface area contributed by atoms with Crippen LogP contribution in [0.15, 0.2) is 12.2 Å². The molecule has 15 heavy (non-hydrogen) atoms. The van der Waals surface area contributed by atoms with Gasteiger partial charge in [-0.2, -0.15) is 0 Å². The third kappa shape index (κ3) is 9.99. The Balaban J connectivity index is 3.57. The lowest BCUT2D eigenvalue weighted by Crippen LogP contribution is -2.09. The van der Waals surface area contributed by atoms with Crippen LogP contribution in [0.1, 0.15) is 65.7 Å². The SMILES string of the molecule is CCCC=CCC(C)(C)CCCCCO. The molecule has 0 bridgehead atoms. The van der Waals surface area contributed by atoms with Crippen LogP contribution >= 0.6 is 0 Å². The first-order valence-corrected chi connectivity index (χ1v) is 6.38. The maximum atomic E-state index is 8.68. The minimum Gasteiger partial charge on any atom is -0.396 e. The van der Waals surface area contributed by atoms with Gasteiger partial charge < -0.3 is 5.11 Å². The van der Waals surface area contributed by atoms with Crippen molar-refractivity contribution < 1.29 is 5.11 Å². The summed E-state index contributed by atoms with van der Waals surface area (Å²) < 4.78 is 0. The van der Waals surface area contributed by atoms with E-state index in [0.717, 1.165) is 6.42 Å². The first kappa shape index (κ1) is 14.7. The molecule has 0 heterocycles. The van der Waals surface area contributed by atoms with Gasteiger partial charge >= 0.3 is 0 Å². The second kappa shape index (κ2) is 8.96. The summed E-state index contributed by atoms with van der Waals surface area (Å²) in [5.41, 5.74) is 0.430. The van der Waals surface area contributed by atoms with E-state index in [-0.39, 0.29) is 0 Å². The summed E-state index contributed by atoms with van der Waals surface area (Å²) in [7, 11) is 0. The molecule has 0 rings (SSSR count). The third-order valence-electron chi connectivity index (χ3n) is 2.80. The number of hydrogen-bond donors (Lipinski definition) is 1. The van der Waals surface area contributed by atoms with Crippen molar-refractivity contribution in [1.82, 2.24) is 0 Å². The second-order valence-corrected chi connectivity index (χ2v) is 5.16. The molecule has 0 saturated heterocycles. The van der Waals surface area contributed by atoms with Gasteiger partial charge in [0.2, 0.25) is 0 Å². The lowest BCUT2D eigenvalue weighted by atomic mass is 9.83. The molecule has 0 aromatic carbocycles. The van der Waals surface area contributed by atoms with E-state index in [1.54, 1.807) is 0 Å². The highest BCUT2D eigenvalue weighted by Crippen LogP contribution is 2.28. The number of allylic oxidation sites excluding steroid dienone is 2. The van der Waals surface area contributed by atoms with Crippen LogP contribution in [0.25, 0.3) is 0 Å². The predicted octanol–water partition coefficient (Wildman–Crippen LogP) is 4.31. The van der Waals surface area contributed by atoms with Gasteiger partial charge in [0, 0.05) is 6.61 Å². The molecule has 0 spiro atoms. The molecule has 1 N–H and O–H groups in total. The van der Waals surface area contributed by atoms with Crippen LogP contribution in [0.3, 0.4) is 0 Å². The van der Waals surface area contributed by atoms with Crippen molar-refractivity contribution in [3.8, 4) is 0 Å². The zero-order chi connectivity index (χ0) is 11.6. The summed E-state index contributed by atoms with van der Waals surface area (Å²) in [4.78, 5) is 0. The van der Waals surface area contributed by atoms with Crippen LogP contribution in [-0.4, -0.2) is 11.7 Å². The van der Waals surface area contributed by atoms with Crippen LogP contribution in [0.2, 0.25) is 0 Å². The Hall–Kier alpha value is -0.300. The first-order chi connectivity index (χ1) is 7.12. The molecule has 0 radical (unpaired) electrons. The fourth-order valence-corrected chi connectivity index (χ4v) is 1.68. The molecule has 0 atom stereocenters. The molecule has 0 aromatic heterocycles. The minimum absolute atomic E-state index is 0.344. The lowest BCUT2D eigenvalue weighted by molar-refractivity contribution is 0.271. The fraction of sp³-hybridized carbons (Fsp3) is 0.857. The summed E-state index contributed by atoms with van der Waals surface area (Å²) in [6.45, 7) is 7.23. The van der Waals surface area contributed by atoms with E-state index in [1.807, 2.05) is 0 Å². The van der Waals surface area contributed by atoms with Crippen molar-refractivity contribution in [2.75, 3.05) is 6.61 Å². The Kier molecular flexibility index (Phi) is 8.79. The van der Waals surface area contributed by atoms with Crippen molar-refractivity contribution >= 4 is 0 Å². The number of hydrogen-bond acceptors (Lipinski definition) is 1. The van der Waals surface area contributed by atoms with Gasteiger partial charge in [-0.15, -0.1) is 0 Å². The van der Waals surface area contributed by atoms with Gasteiger partial charge in [-0.1, -0.05) is 52.2 Å². The van der Waals surface area contributed by atoms with Gasteiger partial charge in [0.15, 0.2) is 0 Å². The zero-order valence-electron chi connectivity index (χ0n) is 10.8. The van der Waals surface area contributed by atoms with Crippen molar-refractivity contribution in [2.24, 2.45) is 5.41 Å². The Morgan fingerprint density at radius 2 is 1.80 bits per heavy atom. The third-order valence-corrected chi connectivity index (χ3v) is 2.80. The smallest absolute Gasteiger partial charge is 0.0431 e. The van der Waals surface area contributed by atoms with Crippen LogP contribution < -0.4 is 0 Å². The molecule has 0 aliphatic heterocycles. The van der Waals surface area contributed by atoms with Crippen LogP contribution in [0.5, 0.6) is 0 Å². The highest BCUT2D eigenvalue weighted by molar-refractivity contribution is 4.87. The van der Waals surface area contributed by atoms with Gasteiger partial charge in [0.05, 0.1) is 0 Å². The molecule has 1 nitrogen and oxygen atoms in total. The molecule has 0 fully saturated rings. The monoisotopic (exact) mass is 212 g/mol. The standard InChI is InChI=1S/C14H28O/c1-4-5-6-8-11-14(2,3)12-9-7-10-13-15/h6,8,15H,4-5,7,9-13H2,1-3H3. The highest BCUT2D eigenvalue weighted by Gasteiger charge is 2.14. The second-order valence-electron chi connectivity index (χ2n) is 5.16. The maximum absolute atomic E-state index is 8.68. The van der Waals surface area contributed by atoms with E-state index in [2.05, 4.69) is 32.9 Å². The highest BCUT2D eigenvalue weighted by atomic mass is 16.2. The van der Waals surface area contributed by atoms with Gasteiger partial charge in [0.1, 0.15) is 0 Å². The summed E-state index contributed by atoms with van der Waals surface area (Å²) in [6, 6.07) is 0. The van der Waals surface area contributed by atoms with Crippen LogP contribution in [0.4, 0.5) is 0 Å². The molecule has 0 saturated carbocycles. The van der Waals surface area contributed by atoms with E-state index >= 15 is 0 Å². The topological polar surface area (TPSA) is 20.2 Å². The largest absolute Gasteiger partial charge is 0.396 e. The van der Waals surface area contributed by atoms with Gasteiger partial charge in [-0.3, -0.25) is 0 Å². The molecular formula is C14H28O. The lowest BCUT2D eigenvalue weighted by Gasteiger charge is -2.22. The van der Waals surface area contributed by atoms with Crippen molar-refractivity contribution in [3.05, 3.63) is 12.2 Å². The Morgan fingerprint density at radius 1 is 1.07 bits per heavy atom. The number of aliphatic hydroxyl groups is 1. The van der Waals surface area contributed by atoms with Crippen molar-refractivity contribution in [3.63, 3.8) is 0 Å². The number of unbranched alkanes of at least 4 members (excludes halogenated alkanes) is 3. The van der Waals surface area contributed by atoms with E-state index in [0.29, 0.717) is 12.0 Å². The summed E-state index contributed by atoms with van der Waals surface area (Å²) in [6.07, 6.45) is 12.9. The van der Waals surface area contributed by atoms with E-state index in [1.165, 1.54) is 38.5 Å². The van der Waals surface area contributed by atoms with Gasteiger partial charge in [0.25, 0.3) is 0 Å². The summed E-state index contributed by atoms with van der Waals surface area (Å²) in [5, 5.41) is 8.68. The molecule has 0 amide bonds. The minimum atomic E-state index is 0.344. The average molecular weight is 212 g/mol. The number of aliphatic hydroxyl groups excluding tert-OH is 1. The fourth-order valence-electron chi connectivity index (χ4n) is 1.68. The van der Waals surface area contributed by atoms with E-state index in [4.69, 9.17) is 5.11 Å². The van der Waals surface area contributed by atoms with Crippen LogP contribution in [0, 0.1) is 5.41 Å². The van der Waals surface area contributed by atoms with Crippen molar-refractivity contribution in [2.45, 2.75) is 65.7 Å². The number of rotatable bonds is 9. The quantitative estimate of drug-likeness (QED) is 0.446. The molecule has 0 unspecified atom stereocenters. The van der Waals surface area contributed by atoms with Gasteiger partial charge in [-0.05, 0) is 31.1 Å². The Bertz CT molecular complexity index is 159. The Morgan fingerprint density at radius 3 is 2.40 bits per heavy atom. The normalized spacial score (nSPS) is 12.5. The molecular weight excluding hydrogens is 184 g/mol. The van der Waals surface area contributed by atoms with Crippen LogP contribution in [-0.2, 0) is 0 Å². The predicted molar refractivity (Wildman–Crippen MR) is 68.0 cm³/mol. The average Bonchev–Trinajstić information content (AvgIpc) is 2.20. The molecule has 0 aliphatic rings. The molecule has 0 aromatic rings. The Labute approximate surface area is 95.6 Å². The maximum Gasteiger partial charge on any atom is 0.0431 e. The molecule has 90 valence electrons. The first-order valence-electron chi connectivity index (χ1n) is 6.38. The molecule has 1 heteroatoms. The van der Waals surface area contributed by atoms with E-state index < -0.39 is 0 Å². The van der Waals surface area contributed by atoms with E-state index in [9.17, 15) is 0 Å². The van der Waals surface area contributed by atoms with Gasteiger partial charge in [-0.25, -0.2) is 0 Å². The molecule has 0 aliphatic carbocycles. The summed E-state index contributed by atoms with van der Waals surface area (Å²) >= 11 is 0. The zero-order valence-corrected chi connectivity index (χ0v) is 10.8.